The number of likely N-dealkylation sites (tertiary alicyclic amines) is 1. The SMILES string of the molecule is CC(=O)N1CCC(CC(=O)N2CCN(C(c3ccc(CCCF)cc3)c3ccc(C(F)(F)F)cc3)CC2P(C)C)CC1. The van der Waals surface area contributed by atoms with Crippen LogP contribution in [0.2, 0.25) is 0 Å². The normalized spacial score (nSPS) is 19.8. The molecule has 0 N–H and O–H groups in total. The van der Waals surface area contributed by atoms with Gasteiger partial charge in [-0.3, -0.25) is 18.9 Å². The fourth-order valence-corrected chi connectivity index (χ4v) is 7.51. The van der Waals surface area contributed by atoms with Crippen LogP contribution in [-0.4, -0.2) is 85.0 Å². The molecule has 2 aliphatic rings. The van der Waals surface area contributed by atoms with E-state index in [0.29, 0.717) is 52.0 Å². The Morgan fingerprint density at radius 2 is 1.52 bits per heavy atom. The molecular formula is C32H42F4N3O2P. The predicted octanol–water partition coefficient (Wildman–Crippen LogP) is 6.56. The number of piperidine rings is 1. The lowest BCUT2D eigenvalue weighted by Gasteiger charge is -2.47. The van der Waals surface area contributed by atoms with Gasteiger partial charge in [-0.15, -0.1) is 0 Å². The van der Waals surface area contributed by atoms with E-state index in [-0.39, 0.29) is 36.2 Å². The van der Waals surface area contributed by atoms with Crippen molar-refractivity contribution in [3.8, 4) is 0 Å². The smallest absolute Gasteiger partial charge is 0.343 e. The topological polar surface area (TPSA) is 43.9 Å². The number of alkyl halides is 4. The number of carbonyl (C=O) groups excluding carboxylic acids is 2. The standard InChI is InChI=1S/C32H42F4N3O2P/c1-23(40)37-17-14-25(15-18-37)21-29(41)39-20-19-38(22-30(39)42(2)3)31(26-8-6-24(7-9-26)5-4-16-33)27-10-12-28(13-11-27)32(34,35)36/h6-13,25,30-31H,4-5,14-22H2,1-3H3. The van der Waals surface area contributed by atoms with Crippen LogP contribution < -0.4 is 0 Å². The molecule has 10 heteroatoms. The molecule has 230 valence electrons. The summed E-state index contributed by atoms with van der Waals surface area (Å²) in [5.74, 6) is 0.526. The van der Waals surface area contributed by atoms with Crippen LogP contribution in [0.5, 0.6) is 0 Å². The van der Waals surface area contributed by atoms with Crippen LogP contribution in [0.25, 0.3) is 0 Å². The van der Waals surface area contributed by atoms with Crippen molar-refractivity contribution >= 4 is 19.7 Å². The zero-order valence-corrected chi connectivity index (χ0v) is 25.6. The van der Waals surface area contributed by atoms with Crippen molar-refractivity contribution in [3.05, 3.63) is 70.8 Å². The van der Waals surface area contributed by atoms with Crippen molar-refractivity contribution in [2.45, 2.75) is 57.0 Å². The molecule has 0 aromatic heterocycles. The van der Waals surface area contributed by atoms with E-state index in [2.05, 4.69) is 18.2 Å². The predicted molar refractivity (Wildman–Crippen MR) is 159 cm³/mol. The Morgan fingerprint density at radius 1 is 0.929 bits per heavy atom. The summed E-state index contributed by atoms with van der Waals surface area (Å²) in [7, 11) is -0.525. The average molecular weight is 608 g/mol. The lowest BCUT2D eigenvalue weighted by atomic mass is 9.92. The largest absolute Gasteiger partial charge is 0.416 e. The van der Waals surface area contributed by atoms with Gasteiger partial charge in [0, 0.05) is 46.1 Å². The third-order valence-corrected chi connectivity index (χ3v) is 10.3. The van der Waals surface area contributed by atoms with Crippen LogP contribution in [0.15, 0.2) is 48.5 Å². The van der Waals surface area contributed by atoms with Crippen molar-refractivity contribution in [2.24, 2.45) is 5.92 Å². The lowest BCUT2D eigenvalue weighted by molar-refractivity contribution is -0.138. The highest BCUT2D eigenvalue weighted by atomic mass is 31.1. The van der Waals surface area contributed by atoms with Gasteiger partial charge in [-0.2, -0.15) is 13.2 Å². The average Bonchev–Trinajstić information content (AvgIpc) is 2.97. The Bertz CT molecular complexity index is 1180. The maximum Gasteiger partial charge on any atom is 0.416 e. The van der Waals surface area contributed by atoms with E-state index in [4.69, 9.17) is 0 Å². The van der Waals surface area contributed by atoms with Gasteiger partial charge < -0.3 is 9.80 Å². The molecule has 2 saturated heterocycles. The van der Waals surface area contributed by atoms with Crippen LogP contribution in [-0.2, 0) is 22.2 Å². The van der Waals surface area contributed by atoms with Gasteiger partial charge in [-0.25, -0.2) is 0 Å². The number of aryl methyl sites for hydroxylation is 1. The van der Waals surface area contributed by atoms with E-state index < -0.39 is 19.7 Å². The fourth-order valence-electron chi connectivity index (χ4n) is 6.17. The van der Waals surface area contributed by atoms with Gasteiger partial charge in [0.1, 0.15) is 0 Å². The van der Waals surface area contributed by atoms with Gasteiger partial charge in [-0.05, 0) is 73.8 Å². The van der Waals surface area contributed by atoms with Crippen molar-refractivity contribution in [2.75, 3.05) is 52.7 Å². The highest BCUT2D eigenvalue weighted by Crippen LogP contribution is 2.41. The number of carbonyl (C=O) groups is 2. The summed E-state index contributed by atoms with van der Waals surface area (Å²) in [5, 5.41) is 0. The molecular weight excluding hydrogens is 565 g/mol. The molecule has 2 aliphatic heterocycles. The number of nitrogens with zero attached hydrogens (tertiary/aromatic N) is 3. The highest BCUT2D eigenvalue weighted by molar-refractivity contribution is 7.56. The zero-order chi connectivity index (χ0) is 30.4. The summed E-state index contributed by atoms with van der Waals surface area (Å²) in [6.07, 6.45) is -1.18. The molecule has 2 atom stereocenters. The van der Waals surface area contributed by atoms with Crippen molar-refractivity contribution < 1.29 is 27.2 Å². The molecule has 0 spiro atoms. The van der Waals surface area contributed by atoms with Crippen LogP contribution >= 0.6 is 7.92 Å². The Hall–Kier alpha value is -2.51. The first-order valence-corrected chi connectivity index (χ1v) is 17.1. The first-order valence-electron chi connectivity index (χ1n) is 14.8. The fraction of sp³-hybridized carbons (Fsp3) is 0.562. The molecule has 42 heavy (non-hydrogen) atoms. The number of piperazine rings is 1. The first kappa shape index (κ1) is 32.4. The molecule has 0 aliphatic carbocycles. The second kappa shape index (κ2) is 14.3. The van der Waals surface area contributed by atoms with E-state index >= 15 is 0 Å². The van der Waals surface area contributed by atoms with Gasteiger partial charge >= 0.3 is 6.18 Å². The number of halogens is 4. The second-order valence-corrected chi connectivity index (χ2v) is 14.3. The zero-order valence-electron chi connectivity index (χ0n) is 24.7. The number of hydrogen-bond donors (Lipinski definition) is 0. The summed E-state index contributed by atoms with van der Waals surface area (Å²) >= 11 is 0. The van der Waals surface area contributed by atoms with E-state index in [0.717, 1.165) is 41.7 Å². The summed E-state index contributed by atoms with van der Waals surface area (Å²) in [6.45, 7) is 8.71. The first-order chi connectivity index (χ1) is 20.0. The lowest BCUT2D eigenvalue weighted by Crippen LogP contribution is -2.55. The number of hydrogen-bond acceptors (Lipinski definition) is 3. The van der Waals surface area contributed by atoms with Crippen LogP contribution in [0, 0.1) is 5.92 Å². The number of benzene rings is 2. The maximum absolute atomic E-state index is 13.6. The minimum atomic E-state index is -4.41. The summed E-state index contributed by atoms with van der Waals surface area (Å²) in [5.41, 5.74) is 2.08. The summed E-state index contributed by atoms with van der Waals surface area (Å²) in [6, 6.07) is 13.1. The molecule has 2 heterocycles. The third-order valence-electron chi connectivity index (χ3n) is 8.64. The Morgan fingerprint density at radius 3 is 2.05 bits per heavy atom. The maximum atomic E-state index is 13.6. The minimum absolute atomic E-state index is 0.0272. The summed E-state index contributed by atoms with van der Waals surface area (Å²) < 4.78 is 52.7. The van der Waals surface area contributed by atoms with Crippen LogP contribution in [0.1, 0.15) is 60.9 Å². The molecule has 0 saturated carbocycles. The molecule has 0 bridgehead atoms. The quantitative estimate of drug-likeness (QED) is 0.240. The molecule has 5 nitrogen and oxygen atoms in total. The minimum Gasteiger partial charge on any atom is -0.343 e. The van der Waals surface area contributed by atoms with Crippen LogP contribution in [0.3, 0.4) is 0 Å². The number of rotatable bonds is 9. The van der Waals surface area contributed by atoms with Gasteiger partial charge in [0.05, 0.1) is 24.1 Å². The Kier molecular flexibility index (Phi) is 11.0. The molecule has 2 aromatic rings. The van der Waals surface area contributed by atoms with Crippen molar-refractivity contribution in [1.29, 1.82) is 0 Å². The molecule has 4 rings (SSSR count). The molecule has 0 radical (unpaired) electrons. The van der Waals surface area contributed by atoms with Crippen LogP contribution in [0.4, 0.5) is 17.6 Å². The molecule has 2 unspecified atom stereocenters. The van der Waals surface area contributed by atoms with Crippen molar-refractivity contribution in [3.63, 3.8) is 0 Å². The molecule has 2 aromatic carbocycles. The monoisotopic (exact) mass is 607 g/mol. The Labute approximate surface area is 248 Å². The van der Waals surface area contributed by atoms with E-state index in [1.54, 1.807) is 19.1 Å². The van der Waals surface area contributed by atoms with E-state index in [9.17, 15) is 27.2 Å². The van der Waals surface area contributed by atoms with Gasteiger partial charge in [0.15, 0.2) is 0 Å². The van der Waals surface area contributed by atoms with E-state index in [1.807, 2.05) is 34.1 Å². The molecule has 2 amide bonds. The van der Waals surface area contributed by atoms with Gasteiger partial charge in [0.2, 0.25) is 11.8 Å². The Balaban J connectivity index is 1.54. The van der Waals surface area contributed by atoms with Gasteiger partial charge in [0.25, 0.3) is 0 Å². The van der Waals surface area contributed by atoms with Crippen molar-refractivity contribution in [1.82, 2.24) is 14.7 Å². The number of amides is 2. The van der Waals surface area contributed by atoms with E-state index in [1.165, 1.54) is 0 Å². The van der Waals surface area contributed by atoms with Gasteiger partial charge in [-0.1, -0.05) is 44.3 Å². The molecule has 2 fully saturated rings. The third kappa shape index (κ3) is 8.10. The summed E-state index contributed by atoms with van der Waals surface area (Å²) in [4.78, 5) is 31.4. The second-order valence-electron chi connectivity index (χ2n) is 11.7. The highest BCUT2D eigenvalue weighted by Gasteiger charge is 2.37.